The SMILES string of the molecule is Cc1cccc(Br)c1NN. The maximum Gasteiger partial charge on any atom is 0.0656 e. The third kappa shape index (κ3) is 1.30. The Morgan fingerprint density at radius 1 is 1.50 bits per heavy atom. The molecule has 0 radical (unpaired) electrons. The lowest BCUT2D eigenvalue weighted by atomic mass is 10.2. The van der Waals surface area contributed by atoms with Crippen LogP contribution in [0.1, 0.15) is 5.56 Å². The van der Waals surface area contributed by atoms with E-state index < -0.39 is 0 Å². The first-order valence-corrected chi connectivity index (χ1v) is 3.76. The van der Waals surface area contributed by atoms with Gasteiger partial charge >= 0.3 is 0 Å². The second kappa shape index (κ2) is 3.03. The van der Waals surface area contributed by atoms with Gasteiger partial charge in [-0.2, -0.15) is 0 Å². The molecule has 0 saturated carbocycles. The van der Waals surface area contributed by atoms with Gasteiger partial charge in [0.05, 0.1) is 5.69 Å². The Bertz CT molecular complexity index is 215. The average molecular weight is 201 g/mol. The first-order valence-electron chi connectivity index (χ1n) is 2.97. The number of nitrogen functional groups attached to an aromatic ring is 1. The second-order valence-electron chi connectivity index (χ2n) is 2.08. The van der Waals surface area contributed by atoms with Crippen molar-refractivity contribution < 1.29 is 0 Å². The Labute approximate surface area is 68.5 Å². The molecule has 0 atom stereocenters. The van der Waals surface area contributed by atoms with Gasteiger partial charge < -0.3 is 5.43 Å². The maximum absolute atomic E-state index is 5.27. The molecule has 2 nitrogen and oxygen atoms in total. The fraction of sp³-hybridized carbons (Fsp3) is 0.143. The summed E-state index contributed by atoms with van der Waals surface area (Å²) in [6.45, 7) is 2.00. The van der Waals surface area contributed by atoms with Gasteiger partial charge in [0, 0.05) is 4.47 Å². The number of anilines is 1. The van der Waals surface area contributed by atoms with Crippen LogP contribution >= 0.6 is 15.9 Å². The van der Waals surface area contributed by atoms with Gasteiger partial charge in [0.2, 0.25) is 0 Å². The molecule has 1 aromatic carbocycles. The number of aryl methyl sites for hydroxylation is 1. The molecule has 0 aliphatic rings. The van der Waals surface area contributed by atoms with Crippen molar-refractivity contribution in [1.82, 2.24) is 0 Å². The standard InChI is InChI=1S/C7H9BrN2/c1-5-3-2-4-6(8)7(5)10-9/h2-4,10H,9H2,1H3. The van der Waals surface area contributed by atoms with Crippen LogP contribution in [0.5, 0.6) is 0 Å². The number of hydrazine groups is 1. The molecule has 3 N–H and O–H groups in total. The van der Waals surface area contributed by atoms with Crippen LogP contribution in [0.3, 0.4) is 0 Å². The van der Waals surface area contributed by atoms with Crippen molar-refractivity contribution in [3.05, 3.63) is 28.2 Å². The number of nitrogens with one attached hydrogen (secondary N) is 1. The smallest absolute Gasteiger partial charge is 0.0656 e. The molecule has 0 aromatic heterocycles. The van der Waals surface area contributed by atoms with E-state index in [1.807, 2.05) is 25.1 Å². The predicted molar refractivity (Wildman–Crippen MR) is 46.7 cm³/mol. The van der Waals surface area contributed by atoms with Gasteiger partial charge in [-0.15, -0.1) is 0 Å². The zero-order valence-electron chi connectivity index (χ0n) is 5.69. The van der Waals surface area contributed by atoms with Crippen LogP contribution in [0.4, 0.5) is 5.69 Å². The average Bonchev–Trinajstić information content (AvgIpc) is 1.88. The molecule has 0 spiro atoms. The van der Waals surface area contributed by atoms with Crippen molar-refractivity contribution in [2.24, 2.45) is 5.84 Å². The molecule has 0 saturated heterocycles. The first kappa shape index (κ1) is 7.57. The highest BCUT2D eigenvalue weighted by Gasteiger charge is 1.98. The summed E-state index contributed by atoms with van der Waals surface area (Å²) in [5.74, 6) is 5.27. The molecule has 1 aromatic rings. The second-order valence-corrected chi connectivity index (χ2v) is 2.93. The number of benzene rings is 1. The molecular formula is C7H9BrN2. The zero-order valence-corrected chi connectivity index (χ0v) is 7.27. The number of hydrogen-bond donors (Lipinski definition) is 2. The highest BCUT2D eigenvalue weighted by atomic mass is 79.9. The molecule has 3 heteroatoms. The van der Waals surface area contributed by atoms with E-state index in [0.29, 0.717) is 0 Å². The molecular weight excluding hydrogens is 192 g/mol. The molecule has 0 unspecified atom stereocenters. The predicted octanol–water partition coefficient (Wildman–Crippen LogP) is 2.04. The summed E-state index contributed by atoms with van der Waals surface area (Å²) in [6.07, 6.45) is 0. The molecule has 0 heterocycles. The number of halogens is 1. The largest absolute Gasteiger partial charge is 0.323 e. The Hall–Kier alpha value is -0.540. The Morgan fingerprint density at radius 2 is 2.20 bits per heavy atom. The quantitative estimate of drug-likeness (QED) is 0.539. The number of rotatable bonds is 1. The minimum absolute atomic E-state index is 0.947. The van der Waals surface area contributed by atoms with E-state index in [-0.39, 0.29) is 0 Å². The molecule has 1 rings (SSSR count). The minimum Gasteiger partial charge on any atom is -0.323 e. The van der Waals surface area contributed by atoms with Gasteiger partial charge in [-0.1, -0.05) is 12.1 Å². The van der Waals surface area contributed by atoms with Crippen LogP contribution in [0.2, 0.25) is 0 Å². The van der Waals surface area contributed by atoms with Crippen molar-refractivity contribution in [3.8, 4) is 0 Å². The van der Waals surface area contributed by atoms with E-state index >= 15 is 0 Å². The van der Waals surface area contributed by atoms with Gasteiger partial charge in [0.15, 0.2) is 0 Å². The topological polar surface area (TPSA) is 38.0 Å². The van der Waals surface area contributed by atoms with Crippen LogP contribution in [-0.2, 0) is 0 Å². The molecule has 0 aliphatic heterocycles. The highest BCUT2D eigenvalue weighted by molar-refractivity contribution is 9.10. The van der Waals surface area contributed by atoms with Crippen molar-refractivity contribution in [2.45, 2.75) is 6.92 Å². The monoisotopic (exact) mass is 200 g/mol. The Kier molecular flexibility index (Phi) is 2.29. The summed E-state index contributed by atoms with van der Waals surface area (Å²) >= 11 is 3.36. The summed E-state index contributed by atoms with van der Waals surface area (Å²) in [5.41, 5.74) is 4.70. The molecule has 0 amide bonds. The number of nitrogens with two attached hydrogens (primary N) is 1. The number of para-hydroxylation sites is 1. The van der Waals surface area contributed by atoms with Crippen molar-refractivity contribution in [1.29, 1.82) is 0 Å². The van der Waals surface area contributed by atoms with Gasteiger partial charge in [-0.3, -0.25) is 5.84 Å². The highest BCUT2D eigenvalue weighted by Crippen LogP contribution is 2.24. The fourth-order valence-corrected chi connectivity index (χ4v) is 1.39. The first-order chi connectivity index (χ1) is 4.75. The zero-order chi connectivity index (χ0) is 7.56. The van der Waals surface area contributed by atoms with Gasteiger partial charge in [-0.05, 0) is 34.5 Å². The van der Waals surface area contributed by atoms with E-state index in [4.69, 9.17) is 5.84 Å². The lowest BCUT2D eigenvalue weighted by molar-refractivity contribution is 1.30. The van der Waals surface area contributed by atoms with E-state index in [0.717, 1.165) is 15.7 Å². The van der Waals surface area contributed by atoms with E-state index in [1.165, 1.54) is 0 Å². The van der Waals surface area contributed by atoms with Crippen LogP contribution in [-0.4, -0.2) is 0 Å². The van der Waals surface area contributed by atoms with Gasteiger partial charge in [0.1, 0.15) is 0 Å². The molecule has 0 bridgehead atoms. The van der Waals surface area contributed by atoms with Crippen molar-refractivity contribution in [3.63, 3.8) is 0 Å². The Balaban J connectivity index is 3.17. The molecule has 0 aliphatic carbocycles. The van der Waals surface area contributed by atoms with Crippen molar-refractivity contribution >= 4 is 21.6 Å². The van der Waals surface area contributed by atoms with Crippen LogP contribution in [0.25, 0.3) is 0 Å². The molecule has 0 fully saturated rings. The van der Waals surface area contributed by atoms with Gasteiger partial charge in [0.25, 0.3) is 0 Å². The maximum atomic E-state index is 5.27. The summed E-state index contributed by atoms with van der Waals surface area (Å²) in [6, 6.07) is 5.92. The fourth-order valence-electron chi connectivity index (χ4n) is 0.815. The van der Waals surface area contributed by atoms with E-state index in [1.54, 1.807) is 0 Å². The molecule has 10 heavy (non-hydrogen) atoms. The summed E-state index contributed by atoms with van der Waals surface area (Å²) in [7, 11) is 0. The number of hydrogen-bond acceptors (Lipinski definition) is 2. The minimum atomic E-state index is 0.947. The van der Waals surface area contributed by atoms with Crippen molar-refractivity contribution in [2.75, 3.05) is 5.43 Å². The van der Waals surface area contributed by atoms with Crippen LogP contribution in [0.15, 0.2) is 22.7 Å². The summed E-state index contributed by atoms with van der Waals surface area (Å²) < 4.78 is 0.995. The van der Waals surface area contributed by atoms with Crippen LogP contribution < -0.4 is 11.3 Å². The Morgan fingerprint density at radius 3 is 2.60 bits per heavy atom. The summed E-state index contributed by atoms with van der Waals surface area (Å²) in [5, 5.41) is 0. The van der Waals surface area contributed by atoms with E-state index in [9.17, 15) is 0 Å². The molecule has 54 valence electrons. The van der Waals surface area contributed by atoms with Gasteiger partial charge in [-0.25, -0.2) is 0 Å². The normalized spacial score (nSPS) is 9.50. The third-order valence-electron chi connectivity index (χ3n) is 1.37. The van der Waals surface area contributed by atoms with Crippen LogP contribution in [0, 0.1) is 6.92 Å². The third-order valence-corrected chi connectivity index (χ3v) is 2.03. The lowest BCUT2D eigenvalue weighted by Gasteiger charge is -2.05. The van der Waals surface area contributed by atoms with E-state index in [2.05, 4.69) is 21.4 Å². The lowest BCUT2D eigenvalue weighted by Crippen LogP contribution is -2.08. The summed E-state index contributed by atoms with van der Waals surface area (Å²) in [4.78, 5) is 0.